The van der Waals surface area contributed by atoms with Crippen molar-refractivity contribution >= 4 is 27.0 Å². The molecule has 9 nitrogen and oxygen atoms in total. The molecule has 0 radical (unpaired) electrons. The second-order valence-electron chi connectivity index (χ2n) is 6.54. The molecule has 0 atom stereocenters. The summed E-state index contributed by atoms with van der Waals surface area (Å²) in [5, 5.41) is 13.6. The van der Waals surface area contributed by atoms with E-state index >= 15 is 0 Å². The summed E-state index contributed by atoms with van der Waals surface area (Å²) in [4.78, 5) is 17.0. The van der Waals surface area contributed by atoms with Crippen LogP contribution in [0.4, 0.5) is 5.69 Å². The largest absolute Gasteiger partial charge is 0.463 e. The van der Waals surface area contributed by atoms with Gasteiger partial charge in [0, 0.05) is 43.7 Å². The van der Waals surface area contributed by atoms with Gasteiger partial charge in [-0.25, -0.2) is 13.4 Å². The smallest absolute Gasteiger partial charge is 0.269 e. The minimum Gasteiger partial charge on any atom is -0.463 e. The Hall–Kier alpha value is -2.60. The maximum absolute atomic E-state index is 12.8. The number of sulfonamides is 1. The fraction of sp³-hybridized carbons (Fsp3) is 0.278. The van der Waals surface area contributed by atoms with Crippen molar-refractivity contribution in [3.63, 3.8) is 0 Å². The SMILES string of the molecule is O=[N+]([O-])c1ccc(S(=O)(=O)N2CCN(Cc3nc(-c4ccco4)cs3)CC2)cc1. The Morgan fingerprint density at radius 2 is 1.86 bits per heavy atom. The number of non-ortho nitro benzene ring substituents is 1. The zero-order valence-corrected chi connectivity index (χ0v) is 16.9. The van der Waals surface area contributed by atoms with Crippen molar-refractivity contribution in [3.8, 4) is 11.5 Å². The van der Waals surface area contributed by atoms with Crippen LogP contribution >= 0.6 is 11.3 Å². The molecule has 1 aromatic carbocycles. The van der Waals surface area contributed by atoms with Crippen LogP contribution in [-0.2, 0) is 16.6 Å². The normalized spacial score (nSPS) is 16.1. The number of nitro benzene ring substituents is 1. The first-order valence-electron chi connectivity index (χ1n) is 8.89. The molecule has 0 amide bonds. The van der Waals surface area contributed by atoms with Crippen molar-refractivity contribution in [1.29, 1.82) is 0 Å². The van der Waals surface area contributed by atoms with Gasteiger partial charge in [0.05, 0.1) is 22.6 Å². The first-order valence-corrected chi connectivity index (χ1v) is 11.2. The Kier molecular flexibility index (Phi) is 5.46. The number of benzene rings is 1. The molecule has 11 heteroatoms. The molecule has 152 valence electrons. The topological polar surface area (TPSA) is 110 Å². The van der Waals surface area contributed by atoms with Crippen molar-refractivity contribution < 1.29 is 17.8 Å². The summed E-state index contributed by atoms with van der Waals surface area (Å²) < 4.78 is 32.3. The van der Waals surface area contributed by atoms with Gasteiger partial charge in [0.15, 0.2) is 5.76 Å². The molecular formula is C18H18N4O5S2. The molecule has 4 rings (SSSR count). The van der Waals surface area contributed by atoms with Crippen LogP contribution in [0, 0.1) is 10.1 Å². The highest BCUT2D eigenvalue weighted by atomic mass is 32.2. The van der Waals surface area contributed by atoms with Gasteiger partial charge < -0.3 is 4.42 Å². The summed E-state index contributed by atoms with van der Waals surface area (Å²) in [6, 6.07) is 8.67. The van der Waals surface area contributed by atoms with E-state index in [2.05, 4.69) is 9.88 Å². The monoisotopic (exact) mass is 434 g/mol. The summed E-state index contributed by atoms with van der Waals surface area (Å²) in [6.45, 7) is 2.53. The average molecular weight is 434 g/mol. The minimum absolute atomic E-state index is 0.0690. The van der Waals surface area contributed by atoms with Crippen molar-refractivity contribution in [2.45, 2.75) is 11.4 Å². The molecule has 3 heterocycles. The van der Waals surface area contributed by atoms with Gasteiger partial charge in [0.2, 0.25) is 10.0 Å². The van der Waals surface area contributed by atoms with Gasteiger partial charge in [-0.15, -0.1) is 11.3 Å². The van der Waals surface area contributed by atoms with E-state index in [0.29, 0.717) is 32.7 Å². The molecule has 1 aliphatic heterocycles. The van der Waals surface area contributed by atoms with Gasteiger partial charge >= 0.3 is 0 Å². The first-order chi connectivity index (χ1) is 13.9. The van der Waals surface area contributed by atoms with Crippen LogP contribution in [-0.4, -0.2) is 53.7 Å². The third kappa shape index (κ3) is 4.22. The molecule has 29 heavy (non-hydrogen) atoms. The van der Waals surface area contributed by atoms with Crippen LogP contribution in [0.25, 0.3) is 11.5 Å². The average Bonchev–Trinajstić information content (AvgIpc) is 3.40. The second kappa shape index (κ2) is 8.03. The van der Waals surface area contributed by atoms with Gasteiger partial charge in [-0.2, -0.15) is 4.31 Å². The Morgan fingerprint density at radius 3 is 2.48 bits per heavy atom. The minimum atomic E-state index is -3.67. The number of thiazole rings is 1. The van der Waals surface area contributed by atoms with Crippen LogP contribution < -0.4 is 0 Å². The highest BCUT2D eigenvalue weighted by Gasteiger charge is 2.29. The number of rotatable bonds is 6. The van der Waals surface area contributed by atoms with Crippen molar-refractivity contribution in [2.24, 2.45) is 0 Å². The molecule has 2 aromatic heterocycles. The van der Waals surface area contributed by atoms with Crippen LogP contribution in [0.3, 0.4) is 0 Å². The fourth-order valence-corrected chi connectivity index (χ4v) is 5.38. The predicted molar refractivity (Wildman–Crippen MR) is 107 cm³/mol. The van der Waals surface area contributed by atoms with Gasteiger partial charge in [-0.3, -0.25) is 15.0 Å². The summed E-state index contributed by atoms with van der Waals surface area (Å²) in [5.41, 5.74) is 0.667. The Bertz CT molecular complexity index is 1090. The molecule has 0 aliphatic carbocycles. The number of furan rings is 1. The molecule has 0 saturated carbocycles. The van der Waals surface area contributed by atoms with Crippen LogP contribution in [0.15, 0.2) is 57.4 Å². The quantitative estimate of drug-likeness (QED) is 0.433. The highest BCUT2D eigenvalue weighted by molar-refractivity contribution is 7.89. The maximum Gasteiger partial charge on any atom is 0.269 e. The molecule has 0 bridgehead atoms. The van der Waals surface area contributed by atoms with Crippen LogP contribution in [0.2, 0.25) is 0 Å². The van der Waals surface area contributed by atoms with E-state index in [-0.39, 0.29) is 10.6 Å². The molecule has 1 aliphatic rings. The fourth-order valence-electron chi connectivity index (χ4n) is 3.13. The predicted octanol–water partition coefficient (Wildman–Crippen LogP) is 2.82. The molecule has 0 N–H and O–H groups in total. The zero-order valence-electron chi connectivity index (χ0n) is 15.3. The highest BCUT2D eigenvalue weighted by Crippen LogP contribution is 2.24. The summed E-state index contributed by atoms with van der Waals surface area (Å²) >= 11 is 1.55. The van der Waals surface area contributed by atoms with Gasteiger partial charge in [0.1, 0.15) is 10.7 Å². The molecule has 1 fully saturated rings. The Balaban J connectivity index is 1.37. The number of aromatic nitrogens is 1. The molecular weight excluding hydrogens is 416 g/mol. The lowest BCUT2D eigenvalue weighted by atomic mass is 10.3. The third-order valence-corrected chi connectivity index (χ3v) is 7.45. The van der Waals surface area contributed by atoms with E-state index in [1.165, 1.54) is 28.6 Å². The molecule has 0 unspecified atom stereocenters. The van der Waals surface area contributed by atoms with Crippen molar-refractivity contribution in [2.75, 3.05) is 26.2 Å². The maximum atomic E-state index is 12.8. The van der Waals surface area contributed by atoms with Gasteiger partial charge in [-0.1, -0.05) is 0 Å². The number of piperazine rings is 1. The summed E-state index contributed by atoms with van der Waals surface area (Å²) in [6.07, 6.45) is 1.61. The lowest BCUT2D eigenvalue weighted by Gasteiger charge is -2.33. The van der Waals surface area contributed by atoms with Gasteiger partial charge in [-0.05, 0) is 24.3 Å². The van der Waals surface area contributed by atoms with E-state index in [9.17, 15) is 18.5 Å². The van der Waals surface area contributed by atoms with Gasteiger partial charge in [0.25, 0.3) is 5.69 Å². The number of nitrogens with zero attached hydrogens (tertiary/aromatic N) is 4. The van der Waals surface area contributed by atoms with Crippen LogP contribution in [0.5, 0.6) is 0 Å². The van der Waals surface area contributed by atoms with E-state index in [0.717, 1.165) is 16.5 Å². The van der Waals surface area contributed by atoms with E-state index in [1.807, 2.05) is 17.5 Å². The number of hydrogen-bond acceptors (Lipinski definition) is 8. The van der Waals surface area contributed by atoms with Crippen molar-refractivity contribution in [3.05, 3.63) is 63.2 Å². The summed E-state index contributed by atoms with van der Waals surface area (Å²) in [5.74, 6) is 0.728. The summed E-state index contributed by atoms with van der Waals surface area (Å²) in [7, 11) is -3.67. The second-order valence-corrected chi connectivity index (χ2v) is 9.42. The standard InChI is InChI=1S/C18H18N4O5S2/c23-22(24)14-3-5-15(6-4-14)29(25,26)21-9-7-20(8-10-21)12-18-19-16(13-28-18)17-2-1-11-27-17/h1-6,11,13H,7-10,12H2. The Morgan fingerprint density at radius 1 is 1.14 bits per heavy atom. The lowest BCUT2D eigenvalue weighted by molar-refractivity contribution is -0.384. The molecule has 3 aromatic rings. The third-order valence-electron chi connectivity index (χ3n) is 4.70. The molecule has 0 spiro atoms. The van der Waals surface area contributed by atoms with E-state index in [4.69, 9.17) is 4.42 Å². The van der Waals surface area contributed by atoms with Crippen molar-refractivity contribution in [1.82, 2.24) is 14.2 Å². The van der Waals surface area contributed by atoms with Crippen LogP contribution in [0.1, 0.15) is 5.01 Å². The van der Waals surface area contributed by atoms with E-state index < -0.39 is 14.9 Å². The van der Waals surface area contributed by atoms with E-state index in [1.54, 1.807) is 17.6 Å². The Labute approximate surface area is 171 Å². The first kappa shape index (κ1) is 19.7. The molecule has 1 saturated heterocycles. The lowest BCUT2D eigenvalue weighted by Crippen LogP contribution is -2.48. The number of hydrogen-bond donors (Lipinski definition) is 0. The number of nitro groups is 1. The zero-order chi connectivity index (χ0) is 20.4.